The summed E-state index contributed by atoms with van der Waals surface area (Å²) >= 11 is 0. The average Bonchev–Trinajstić information content (AvgIpc) is 2.34. The van der Waals surface area contributed by atoms with Crippen LogP contribution in [0.4, 0.5) is 5.69 Å². The minimum Gasteiger partial charge on any atom is -0.370 e. The van der Waals surface area contributed by atoms with Crippen LogP contribution in [0.1, 0.15) is 26.3 Å². The first-order chi connectivity index (χ1) is 9.61. The van der Waals surface area contributed by atoms with Crippen LogP contribution in [0.2, 0.25) is 0 Å². The quantitative estimate of drug-likeness (QED) is 0.545. The third-order valence-corrected chi connectivity index (χ3v) is 3.64. The molecule has 0 saturated carbocycles. The number of sulfonamides is 1. The van der Waals surface area contributed by atoms with Crippen LogP contribution >= 0.6 is 0 Å². The third kappa shape index (κ3) is 7.10. The van der Waals surface area contributed by atoms with E-state index in [2.05, 4.69) is 22.0 Å². The van der Waals surface area contributed by atoms with Crippen LogP contribution in [0.5, 0.6) is 0 Å². The fourth-order valence-corrected chi connectivity index (χ4v) is 2.94. The molecule has 0 aliphatic carbocycles. The van der Waals surface area contributed by atoms with Gasteiger partial charge in [-0.05, 0) is 38.0 Å². The molecule has 1 rings (SSSR count). The number of hydrogen-bond donors (Lipinski definition) is 3. The first kappa shape index (κ1) is 17.5. The normalized spacial score (nSPS) is 13.2. The molecular weight excluding hydrogens is 288 g/mol. The molecule has 4 N–H and O–H groups in total. The number of guanidine groups is 1. The standard InChI is InChI=1S/C14H24N4O2S/c1-5-11-7-6-8-12(9-11)17-13(15)16-10-14(2,3)18-21(4,19)20/h6-9,18H,5,10H2,1-4H3,(H3,15,16,17). The van der Waals surface area contributed by atoms with Gasteiger partial charge in [-0.15, -0.1) is 0 Å². The molecule has 0 heterocycles. The predicted molar refractivity (Wildman–Crippen MR) is 88.0 cm³/mol. The summed E-state index contributed by atoms with van der Waals surface area (Å²) in [6, 6.07) is 7.89. The molecular formula is C14H24N4O2S. The highest BCUT2D eigenvalue weighted by Crippen LogP contribution is 2.11. The van der Waals surface area contributed by atoms with Crippen molar-refractivity contribution in [1.29, 1.82) is 0 Å². The van der Waals surface area contributed by atoms with Gasteiger partial charge >= 0.3 is 0 Å². The number of nitrogens with zero attached hydrogens (tertiary/aromatic N) is 1. The summed E-state index contributed by atoms with van der Waals surface area (Å²) in [5, 5.41) is 3.00. The van der Waals surface area contributed by atoms with Gasteiger partial charge in [0.2, 0.25) is 10.0 Å². The molecule has 0 spiro atoms. The van der Waals surface area contributed by atoms with Crippen molar-refractivity contribution in [2.75, 3.05) is 18.1 Å². The van der Waals surface area contributed by atoms with Gasteiger partial charge in [0, 0.05) is 11.2 Å². The third-order valence-electron chi connectivity index (χ3n) is 2.71. The maximum absolute atomic E-state index is 11.2. The van der Waals surface area contributed by atoms with Gasteiger partial charge in [0.05, 0.1) is 12.8 Å². The summed E-state index contributed by atoms with van der Waals surface area (Å²) in [7, 11) is -3.28. The van der Waals surface area contributed by atoms with Gasteiger partial charge in [0.15, 0.2) is 5.96 Å². The lowest BCUT2D eigenvalue weighted by Crippen LogP contribution is -2.45. The van der Waals surface area contributed by atoms with Crippen molar-refractivity contribution >= 4 is 21.7 Å². The zero-order chi connectivity index (χ0) is 16.1. The first-order valence-corrected chi connectivity index (χ1v) is 8.65. The van der Waals surface area contributed by atoms with Crippen molar-refractivity contribution in [1.82, 2.24) is 4.72 Å². The van der Waals surface area contributed by atoms with Crippen molar-refractivity contribution in [3.63, 3.8) is 0 Å². The highest BCUT2D eigenvalue weighted by molar-refractivity contribution is 7.88. The van der Waals surface area contributed by atoms with Crippen molar-refractivity contribution in [3.05, 3.63) is 29.8 Å². The second-order valence-corrected chi connectivity index (χ2v) is 7.39. The van der Waals surface area contributed by atoms with E-state index >= 15 is 0 Å². The Kier molecular flexibility index (Phi) is 5.74. The van der Waals surface area contributed by atoms with E-state index in [0.717, 1.165) is 18.4 Å². The molecule has 0 aromatic heterocycles. The van der Waals surface area contributed by atoms with Gasteiger partial charge in [0.25, 0.3) is 0 Å². The fraction of sp³-hybridized carbons (Fsp3) is 0.500. The molecule has 0 fully saturated rings. The lowest BCUT2D eigenvalue weighted by molar-refractivity contribution is 0.466. The summed E-state index contributed by atoms with van der Waals surface area (Å²) < 4.78 is 25.0. The molecule has 0 bridgehead atoms. The zero-order valence-electron chi connectivity index (χ0n) is 13.0. The van der Waals surface area contributed by atoms with E-state index in [1.54, 1.807) is 13.8 Å². The van der Waals surface area contributed by atoms with Crippen LogP contribution in [0.3, 0.4) is 0 Å². The summed E-state index contributed by atoms with van der Waals surface area (Å²) in [6.45, 7) is 5.83. The predicted octanol–water partition coefficient (Wildman–Crippen LogP) is 1.30. The van der Waals surface area contributed by atoms with Crippen LogP contribution in [-0.4, -0.2) is 32.7 Å². The Labute approximate surface area is 126 Å². The van der Waals surface area contributed by atoms with Gasteiger partial charge in [-0.2, -0.15) is 0 Å². The number of nitrogens with two attached hydrogens (primary N) is 1. The molecule has 7 heteroatoms. The maximum atomic E-state index is 11.2. The molecule has 0 unspecified atom stereocenters. The van der Waals surface area contributed by atoms with E-state index in [-0.39, 0.29) is 12.5 Å². The summed E-state index contributed by atoms with van der Waals surface area (Å²) in [4.78, 5) is 4.19. The number of benzene rings is 1. The van der Waals surface area contributed by atoms with E-state index < -0.39 is 15.6 Å². The minimum atomic E-state index is -3.28. The molecule has 0 aliphatic rings. The Morgan fingerprint density at radius 3 is 2.62 bits per heavy atom. The summed E-state index contributed by atoms with van der Waals surface area (Å²) in [5.41, 5.74) is 7.21. The van der Waals surface area contributed by atoms with Crippen LogP contribution in [-0.2, 0) is 16.4 Å². The highest BCUT2D eigenvalue weighted by Gasteiger charge is 2.21. The van der Waals surface area contributed by atoms with E-state index in [4.69, 9.17) is 5.73 Å². The molecule has 1 aromatic carbocycles. The average molecular weight is 312 g/mol. The zero-order valence-corrected chi connectivity index (χ0v) is 13.8. The van der Waals surface area contributed by atoms with Crippen molar-refractivity contribution in [2.45, 2.75) is 32.7 Å². The number of nitrogens with one attached hydrogen (secondary N) is 2. The Balaban J connectivity index is 2.68. The summed E-state index contributed by atoms with van der Waals surface area (Å²) in [6.07, 6.45) is 2.06. The van der Waals surface area contributed by atoms with Crippen LogP contribution in [0, 0.1) is 0 Å². The second kappa shape index (κ2) is 6.91. The number of aliphatic imine (C=N–C) groups is 1. The maximum Gasteiger partial charge on any atom is 0.209 e. The first-order valence-electron chi connectivity index (χ1n) is 6.76. The molecule has 0 saturated heterocycles. The topological polar surface area (TPSA) is 96.6 Å². The Morgan fingerprint density at radius 1 is 1.38 bits per heavy atom. The lowest BCUT2D eigenvalue weighted by atomic mass is 10.1. The summed E-state index contributed by atoms with van der Waals surface area (Å²) in [5.74, 6) is 0.256. The monoisotopic (exact) mass is 312 g/mol. The van der Waals surface area contributed by atoms with Crippen LogP contribution < -0.4 is 15.8 Å². The van der Waals surface area contributed by atoms with E-state index in [9.17, 15) is 8.42 Å². The van der Waals surface area contributed by atoms with Gasteiger partial charge < -0.3 is 11.1 Å². The Morgan fingerprint density at radius 2 is 2.05 bits per heavy atom. The molecule has 6 nitrogen and oxygen atoms in total. The molecule has 0 aliphatic heterocycles. The van der Waals surface area contributed by atoms with Crippen molar-refractivity contribution < 1.29 is 8.42 Å². The van der Waals surface area contributed by atoms with E-state index in [1.165, 1.54) is 5.56 Å². The largest absolute Gasteiger partial charge is 0.370 e. The van der Waals surface area contributed by atoms with E-state index in [1.807, 2.05) is 24.3 Å². The molecule has 0 amide bonds. The molecule has 0 radical (unpaired) electrons. The van der Waals surface area contributed by atoms with Gasteiger partial charge in [-0.25, -0.2) is 13.1 Å². The van der Waals surface area contributed by atoms with Gasteiger partial charge in [0.1, 0.15) is 0 Å². The molecule has 0 atom stereocenters. The van der Waals surface area contributed by atoms with Crippen molar-refractivity contribution in [3.8, 4) is 0 Å². The number of hydrogen-bond acceptors (Lipinski definition) is 3. The van der Waals surface area contributed by atoms with Gasteiger partial charge in [-0.1, -0.05) is 19.1 Å². The van der Waals surface area contributed by atoms with Gasteiger partial charge in [-0.3, -0.25) is 4.99 Å². The Hall–Kier alpha value is -1.60. The van der Waals surface area contributed by atoms with E-state index in [0.29, 0.717) is 0 Å². The smallest absolute Gasteiger partial charge is 0.209 e. The second-order valence-electron chi connectivity index (χ2n) is 5.64. The van der Waals surface area contributed by atoms with Crippen LogP contribution in [0.25, 0.3) is 0 Å². The van der Waals surface area contributed by atoms with Crippen molar-refractivity contribution in [2.24, 2.45) is 10.7 Å². The van der Waals surface area contributed by atoms with Crippen LogP contribution in [0.15, 0.2) is 29.3 Å². The number of rotatable bonds is 6. The SMILES string of the molecule is CCc1cccc(NC(N)=NCC(C)(C)NS(C)(=O)=O)c1. The molecule has 21 heavy (non-hydrogen) atoms. The number of anilines is 1. The molecule has 118 valence electrons. The lowest BCUT2D eigenvalue weighted by Gasteiger charge is -2.22. The highest BCUT2D eigenvalue weighted by atomic mass is 32.2. The fourth-order valence-electron chi connectivity index (χ4n) is 1.87. The minimum absolute atomic E-state index is 0.242. The number of aryl methyl sites for hydroxylation is 1. The Bertz CT molecular complexity index is 609. The molecule has 1 aromatic rings.